The Bertz CT molecular complexity index is 846. The third kappa shape index (κ3) is 4.27. The van der Waals surface area contributed by atoms with Gasteiger partial charge in [0.25, 0.3) is 0 Å². The summed E-state index contributed by atoms with van der Waals surface area (Å²) in [6.07, 6.45) is 3.70. The van der Waals surface area contributed by atoms with Gasteiger partial charge in [-0.05, 0) is 44.0 Å². The zero-order valence-electron chi connectivity index (χ0n) is 14.1. The Kier molecular flexibility index (Phi) is 5.20. The number of hydrogen-bond donors (Lipinski definition) is 1. The number of sulfonamides is 1. The largest absolute Gasteiger partial charge is 0.624 e. The van der Waals surface area contributed by atoms with E-state index in [0.717, 1.165) is 22.3 Å². The topological polar surface area (TPSA) is 72.2 Å². The zero-order valence-corrected chi connectivity index (χ0v) is 14.9. The first-order valence-corrected chi connectivity index (χ1v) is 9.88. The van der Waals surface area contributed by atoms with E-state index in [1.54, 1.807) is 24.3 Å². The predicted octanol–water partition coefficient (Wildman–Crippen LogP) is 2.82. The lowest BCUT2D eigenvalue weighted by Gasteiger charge is -2.20. The summed E-state index contributed by atoms with van der Waals surface area (Å²) in [6, 6.07) is 15.3. The number of nitrogens with one attached hydrogen (secondary N) is 1. The molecule has 3 rings (SSSR count). The highest BCUT2D eigenvalue weighted by molar-refractivity contribution is 7.89. The molecule has 25 heavy (non-hydrogen) atoms. The Morgan fingerprint density at radius 1 is 1.08 bits per heavy atom. The summed E-state index contributed by atoms with van der Waals surface area (Å²) in [5.74, 6) is 0. The second-order valence-electron chi connectivity index (χ2n) is 6.44. The third-order valence-corrected chi connectivity index (χ3v) is 6.03. The molecule has 1 aliphatic carbocycles. The average Bonchev–Trinajstić information content (AvgIpc) is 3.03. The van der Waals surface area contributed by atoms with Crippen molar-refractivity contribution >= 4 is 16.2 Å². The SMILES string of the molecule is Cc1ccc(S(=O)(=O)N[C@@H]2CCC[C@H]2/[N+]([O-])=C/c2ccccc2)cc1. The lowest BCUT2D eigenvalue weighted by Crippen LogP contribution is -2.44. The predicted molar refractivity (Wildman–Crippen MR) is 98.2 cm³/mol. The molecule has 0 bridgehead atoms. The Labute approximate surface area is 148 Å². The fraction of sp³-hybridized carbons (Fsp3) is 0.316. The molecule has 2 atom stereocenters. The van der Waals surface area contributed by atoms with E-state index in [1.807, 2.05) is 37.3 Å². The number of benzene rings is 2. The van der Waals surface area contributed by atoms with Crippen molar-refractivity contribution in [1.82, 2.24) is 4.72 Å². The van der Waals surface area contributed by atoms with Crippen LogP contribution in [0.5, 0.6) is 0 Å². The average molecular weight is 358 g/mol. The number of hydrogen-bond acceptors (Lipinski definition) is 3. The second-order valence-corrected chi connectivity index (χ2v) is 8.15. The highest BCUT2D eigenvalue weighted by atomic mass is 32.2. The molecule has 0 aliphatic heterocycles. The molecular weight excluding hydrogens is 336 g/mol. The molecule has 6 heteroatoms. The molecule has 0 heterocycles. The van der Waals surface area contributed by atoms with E-state index < -0.39 is 10.0 Å². The van der Waals surface area contributed by atoms with Crippen LogP contribution in [0.1, 0.15) is 30.4 Å². The molecule has 2 aromatic rings. The van der Waals surface area contributed by atoms with E-state index in [1.165, 1.54) is 6.21 Å². The fourth-order valence-electron chi connectivity index (χ4n) is 3.15. The van der Waals surface area contributed by atoms with Crippen LogP contribution in [0.3, 0.4) is 0 Å². The molecular formula is C19H22N2O3S. The molecule has 0 aromatic heterocycles. The number of rotatable bonds is 5. The van der Waals surface area contributed by atoms with Crippen LogP contribution in [-0.2, 0) is 10.0 Å². The molecule has 1 N–H and O–H groups in total. The Morgan fingerprint density at radius 2 is 1.76 bits per heavy atom. The molecule has 0 spiro atoms. The van der Waals surface area contributed by atoms with Gasteiger partial charge in [0.2, 0.25) is 10.0 Å². The van der Waals surface area contributed by atoms with Gasteiger partial charge in [0.1, 0.15) is 0 Å². The quantitative estimate of drug-likeness (QED) is 0.387. The summed E-state index contributed by atoms with van der Waals surface area (Å²) in [5, 5.41) is 12.5. The van der Waals surface area contributed by atoms with E-state index >= 15 is 0 Å². The lowest BCUT2D eigenvalue weighted by atomic mass is 10.2. The van der Waals surface area contributed by atoms with E-state index in [2.05, 4.69) is 4.72 Å². The van der Waals surface area contributed by atoms with Crippen molar-refractivity contribution in [3.63, 3.8) is 0 Å². The van der Waals surface area contributed by atoms with Crippen LogP contribution in [0.2, 0.25) is 0 Å². The molecule has 1 saturated carbocycles. The minimum absolute atomic E-state index is 0.230. The second kappa shape index (κ2) is 7.37. The first kappa shape index (κ1) is 17.6. The van der Waals surface area contributed by atoms with Crippen LogP contribution in [0.25, 0.3) is 0 Å². The van der Waals surface area contributed by atoms with Crippen molar-refractivity contribution in [2.75, 3.05) is 0 Å². The summed E-state index contributed by atoms with van der Waals surface area (Å²) in [4.78, 5) is 0.230. The number of nitrogens with zero attached hydrogens (tertiary/aromatic N) is 1. The minimum Gasteiger partial charge on any atom is -0.624 e. The molecule has 0 amide bonds. The van der Waals surface area contributed by atoms with Gasteiger partial charge >= 0.3 is 0 Å². The maximum Gasteiger partial charge on any atom is 0.241 e. The minimum atomic E-state index is -3.63. The maximum atomic E-state index is 12.6. The summed E-state index contributed by atoms with van der Waals surface area (Å²) in [5.41, 5.74) is 1.81. The molecule has 0 saturated heterocycles. The molecule has 2 aromatic carbocycles. The molecule has 0 radical (unpaired) electrons. The highest BCUT2D eigenvalue weighted by Gasteiger charge is 2.36. The van der Waals surface area contributed by atoms with Gasteiger partial charge in [0.05, 0.1) is 10.9 Å². The Balaban J connectivity index is 1.77. The van der Waals surface area contributed by atoms with Gasteiger partial charge < -0.3 is 5.21 Å². The van der Waals surface area contributed by atoms with Crippen LogP contribution in [0.4, 0.5) is 0 Å². The van der Waals surface area contributed by atoms with E-state index in [9.17, 15) is 13.6 Å². The van der Waals surface area contributed by atoms with Gasteiger partial charge in [-0.25, -0.2) is 17.9 Å². The first-order chi connectivity index (χ1) is 12.0. The van der Waals surface area contributed by atoms with Gasteiger partial charge in [0, 0.05) is 12.0 Å². The van der Waals surface area contributed by atoms with Gasteiger partial charge in [-0.2, -0.15) is 0 Å². The normalized spacial score (nSPS) is 21.4. The Hall–Kier alpha value is -2.18. The zero-order chi connectivity index (χ0) is 17.9. The van der Waals surface area contributed by atoms with Crippen molar-refractivity contribution in [3.8, 4) is 0 Å². The molecule has 5 nitrogen and oxygen atoms in total. The van der Waals surface area contributed by atoms with Gasteiger partial charge in [-0.15, -0.1) is 0 Å². The van der Waals surface area contributed by atoms with Crippen LogP contribution in [0, 0.1) is 12.1 Å². The van der Waals surface area contributed by atoms with Gasteiger partial charge in [0.15, 0.2) is 12.3 Å². The highest BCUT2D eigenvalue weighted by Crippen LogP contribution is 2.24. The molecule has 132 valence electrons. The van der Waals surface area contributed by atoms with Gasteiger partial charge in [-0.1, -0.05) is 35.9 Å². The third-order valence-electron chi connectivity index (χ3n) is 4.52. The number of aryl methyl sites for hydroxylation is 1. The van der Waals surface area contributed by atoms with Crippen molar-refractivity contribution in [3.05, 3.63) is 70.9 Å². The van der Waals surface area contributed by atoms with Crippen molar-refractivity contribution in [1.29, 1.82) is 0 Å². The van der Waals surface area contributed by atoms with Crippen molar-refractivity contribution in [2.24, 2.45) is 0 Å². The number of hydroxylamine groups is 1. The van der Waals surface area contributed by atoms with Crippen LogP contribution in [0.15, 0.2) is 59.5 Å². The summed E-state index contributed by atoms with van der Waals surface area (Å²) >= 11 is 0. The molecule has 0 unspecified atom stereocenters. The van der Waals surface area contributed by atoms with Crippen molar-refractivity contribution < 1.29 is 13.2 Å². The van der Waals surface area contributed by atoms with Crippen molar-refractivity contribution in [2.45, 2.75) is 43.2 Å². The monoisotopic (exact) mass is 358 g/mol. The molecule has 1 aliphatic rings. The van der Waals surface area contributed by atoms with Crippen LogP contribution < -0.4 is 4.72 Å². The van der Waals surface area contributed by atoms with E-state index in [0.29, 0.717) is 12.8 Å². The molecule has 1 fully saturated rings. The lowest BCUT2D eigenvalue weighted by molar-refractivity contribution is -0.497. The summed E-state index contributed by atoms with van der Waals surface area (Å²) in [6.45, 7) is 1.91. The van der Waals surface area contributed by atoms with Gasteiger partial charge in [-0.3, -0.25) is 0 Å². The smallest absolute Gasteiger partial charge is 0.241 e. The first-order valence-electron chi connectivity index (χ1n) is 8.40. The van der Waals surface area contributed by atoms with Crippen LogP contribution >= 0.6 is 0 Å². The van der Waals surface area contributed by atoms with Crippen LogP contribution in [-0.4, -0.2) is 31.5 Å². The summed E-state index contributed by atoms with van der Waals surface area (Å²) in [7, 11) is -3.63. The summed E-state index contributed by atoms with van der Waals surface area (Å²) < 4.78 is 28.8. The Morgan fingerprint density at radius 3 is 2.44 bits per heavy atom. The maximum absolute atomic E-state index is 12.6. The van der Waals surface area contributed by atoms with E-state index in [4.69, 9.17) is 0 Å². The van der Waals surface area contributed by atoms with E-state index in [-0.39, 0.29) is 17.0 Å². The fourth-order valence-corrected chi connectivity index (χ4v) is 4.45. The standard InChI is InChI=1S/C19H22N2O3S/c1-15-10-12-17(13-11-15)25(23,24)20-18-8-5-9-19(18)21(22)14-16-6-3-2-4-7-16/h2-4,6-7,10-14,18-20H,5,8-9H2,1H3/b21-14-/t18-,19-/m1/s1.